The maximum Gasteiger partial charge on any atom is -0.0146 e. The van der Waals surface area contributed by atoms with Crippen molar-refractivity contribution < 1.29 is 0 Å². The highest BCUT2D eigenvalue weighted by molar-refractivity contribution is 5.15. The Hall–Kier alpha value is -1.26. The molecule has 0 bridgehead atoms. The van der Waals surface area contributed by atoms with Gasteiger partial charge in [0, 0.05) is 0 Å². The van der Waals surface area contributed by atoms with Gasteiger partial charge >= 0.3 is 0 Å². The second-order valence-corrected chi connectivity index (χ2v) is 3.04. The minimum absolute atomic E-state index is 0.532. The van der Waals surface area contributed by atoms with Crippen LogP contribution in [0.15, 0.2) is 48.7 Å². The number of hydrogen-bond acceptors (Lipinski definition) is 0. The van der Waals surface area contributed by atoms with E-state index in [4.69, 9.17) is 0 Å². The first-order valence-corrected chi connectivity index (χ1v) is 4.23. The summed E-state index contributed by atoms with van der Waals surface area (Å²) in [5.41, 5.74) is 4.18. The molecule has 1 aromatic rings. The van der Waals surface area contributed by atoms with E-state index in [0.29, 0.717) is 5.92 Å². The van der Waals surface area contributed by atoms with Gasteiger partial charge in [-0.3, -0.25) is 0 Å². The monoisotopic (exact) mass is 158 g/mol. The third-order valence-corrected chi connectivity index (χ3v) is 1.80. The molecule has 0 aliphatic rings. The SMILES string of the molecule is C=C=CC(C)Cc1ccccc1. The molecular formula is C12H14. The second kappa shape index (κ2) is 4.58. The van der Waals surface area contributed by atoms with Gasteiger partial charge in [0.15, 0.2) is 0 Å². The van der Waals surface area contributed by atoms with E-state index in [-0.39, 0.29) is 0 Å². The average Bonchev–Trinajstić information content (AvgIpc) is 2.06. The lowest BCUT2D eigenvalue weighted by Crippen LogP contribution is -1.94. The molecule has 0 spiro atoms. The molecule has 0 aliphatic heterocycles. The van der Waals surface area contributed by atoms with Crippen molar-refractivity contribution in [1.29, 1.82) is 0 Å². The molecule has 0 heteroatoms. The molecule has 1 rings (SSSR count). The maximum absolute atomic E-state index is 3.56. The first-order chi connectivity index (χ1) is 5.83. The molecule has 0 nitrogen and oxygen atoms in total. The van der Waals surface area contributed by atoms with Gasteiger partial charge in [0.05, 0.1) is 0 Å². The van der Waals surface area contributed by atoms with Crippen molar-refractivity contribution in [2.75, 3.05) is 0 Å². The molecule has 0 saturated carbocycles. The quantitative estimate of drug-likeness (QED) is 0.592. The predicted octanol–water partition coefficient (Wildman–Crippen LogP) is 3.21. The summed E-state index contributed by atoms with van der Waals surface area (Å²) in [7, 11) is 0. The molecule has 62 valence electrons. The standard InChI is InChI=1S/C12H14/c1-3-7-11(2)10-12-8-5-4-6-9-12/h4-9,11H,1,10H2,2H3. The predicted molar refractivity (Wildman–Crippen MR) is 53.0 cm³/mol. The molecule has 0 radical (unpaired) electrons. The van der Waals surface area contributed by atoms with Gasteiger partial charge in [-0.15, -0.1) is 5.73 Å². The van der Waals surface area contributed by atoms with Crippen LogP contribution in [0, 0.1) is 5.92 Å². The first kappa shape index (κ1) is 8.83. The summed E-state index contributed by atoms with van der Waals surface area (Å²) in [5, 5.41) is 0. The Morgan fingerprint density at radius 3 is 2.67 bits per heavy atom. The van der Waals surface area contributed by atoms with Crippen molar-refractivity contribution in [3.05, 3.63) is 54.3 Å². The minimum atomic E-state index is 0.532. The van der Waals surface area contributed by atoms with Gasteiger partial charge in [0.2, 0.25) is 0 Å². The average molecular weight is 158 g/mol. The van der Waals surface area contributed by atoms with Gasteiger partial charge in [-0.2, -0.15) is 0 Å². The molecular weight excluding hydrogens is 144 g/mol. The van der Waals surface area contributed by atoms with Gasteiger partial charge in [-0.25, -0.2) is 0 Å². The maximum atomic E-state index is 3.56. The molecule has 0 aromatic heterocycles. The van der Waals surface area contributed by atoms with Crippen LogP contribution in [0.1, 0.15) is 12.5 Å². The number of hydrogen-bond donors (Lipinski definition) is 0. The van der Waals surface area contributed by atoms with Crippen molar-refractivity contribution >= 4 is 0 Å². The molecule has 1 atom stereocenters. The Balaban J connectivity index is 2.58. The lowest BCUT2D eigenvalue weighted by Gasteiger charge is -2.03. The zero-order chi connectivity index (χ0) is 8.81. The van der Waals surface area contributed by atoms with E-state index in [1.54, 1.807) is 0 Å². The van der Waals surface area contributed by atoms with Gasteiger partial charge in [-0.05, 0) is 24.0 Å². The van der Waals surface area contributed by atoms with Crippen LogP contribution >= 0.6 is 0 Å². The molecule has 1 aromatic carbocycles. The highest BCUT2D eigenvalue weighted by Crippen LogP contribution is 2.08. The van der Waals surface area contributed by atoms with Crippen LogP contribution in [-0.2, 0) is 6.42 Å². The van der Waals surface area contributed by atoms with Crippen molar-refractivity contribution in [2.45, 2.75) is 13.3 Å². The molecule has 0 N–H and O–H groups in total. The molecule has 0 heterocycles. The van der Waals surface area contributed by atoms with Crippen molar-refractivity contribution in [2.24, 2.45) is 5.92 Å². The van der Waals surface area contributed by atoms with Gasteiger partial charge in [0.1, 0.15) is 0 Å². The molecule has 12 heavy (non-hydrogen) atoms. The Morgan fingerprint density at radius 2 is 2.08 bits per heavy atom. The van der Waals surface area contributed by atoms with Crippen molar-refractivity contribution in [3.8, 4) is 0 Å². The summed E-state index contributed by atoms with van der Waals surface area (Å²) in [5.74, 6) is 0.532. The fourth-order valence-electron chi connectivity index (χ4n) is 1.25. The summed E-state index contributed by atoms with van der Waals surface area (Å²) in [4.78, 5) is 0. The molecule has 0 amide bonds. The van der Waals surface area contributed by atoms with E-state index < -0.39 is 0 Å². The van der Waals surface area contributed by atoms with Crippen LogP contribution in [0.2, 0.25) is 0 Å². The van der Waals surface area contributed by atoms with Gasteiger partial charge < -0.3 is 0 Å². The normalized spacial score (nSPS) is 11.8. The Morgan fingerprint density at radius 1 is 1.42 bits per heavy atom. The Kier molecular flexibility index (Phi) is 3.37. The lowest BCUT2D eigenvalue weighted by atomic mass is 10.0. The van der Waals surface area contributed by atoms with E-state index in [1.807, 2.05) is 12.1 Å². The highest BCUT2D eigenvalue weighted by Gasteiger charge is 1.97. The summed E-state index contributed by atoms with van der Waals surface area (Å²) < 4.78 is 0. The van der Waals surface area contributed by atoms with Crippen LogP contribution in [-0.4, -0.2) is 0 Å². The summed E-state index contributed by atoms with van der Waals surface area (Å²) in [6, 6.07) is 10.5. The minimum Gasteiger partial charge on any atom is -0.133 e. The van der Waals surface area contributed by atoms with Gasteiger partial charge in [0.25, 0.3) is 0 Å². The van der Waals surface area contributed by atoms with Crippen LogP contribution < -0.4 is 0 Å². The topological polar surface area (TPSA) is 0 Å². The molecule has 0 saturated heterocycles. The zero-order valence-corrected chi connectivity index (χ0v) is 7.46. The summed E-state index contributed by atoms with van der Waals surface area (Å²) >= 11 is 0. The molecule has 0 aliphatic carbocycles. The molecule has 0 fully saturated rings. The lowest BCUT2D eigenvalue weighted by molar-refractivity contribution is 0.725. The number of allylic oxidation sites excluding steroid dienone is 1. The largest absolute Gasteiger partial charge is 0.133 e. The summed E-state index contributed by atoms with van der Waals surface area (Å²) in [6.07, 6.45) is 3.08. The van der Waals surface area contributed by atoms with E-state index in [0.717, 1.165) is 6.42 Å². The third kappa shape index (κ3) is 2.77. The van der Waals surface area contributed by atoms with E-state index >= 15 is 0 Å². The Bertz CT molecular complexity index is 265. The van der Waals surface area contributed by atoms with Gasteiger partial charge in [-0.1, -0.05) is 43.8 Å². The van der Waals surface area contributed by atoms with Crippen LogP contribution in [0.3, 0.4) is 0 Å². The van der Waals surface area contributed by atoms with Crippen molar-refractivity contribution in [3.63, 3.8) is 0 Å². The van der Waals surface area contributed by atoms with Crippen LogP contribution in [0.25, 0.3) is 0 Å². The Labute approximate surface area is 74.2 Å². The van der Waals surface area contributed by atoms with E-state index in [9.17, 15) is 0 Å². The van der Waals surface area contributed by atoms with E-state index in [2.05, 4.69) is 43.5 Å². The third-order valence-electron chi connectivity index (χ3n) is 1.80. The van der Waals surface area contributed by atoms with Crippen LogP contribution in [0.5, 0.6) is 0 Å². The number of benzene rings is 1. The smallest absolute Gasteiger partial charge is 0.0146 e. The zero-order valence-electron chi connectivity index (χ0n) is 7.46. The first-order valence-electron chi connectivity index (χ1n) is 4.23. The fourth-order valence-corrected chi connectivity index (χ4v) is 1.25. The van der Waals surface area contributed by atoms with Crippen LogP contribution in [0.4, 0.5) is 0 Å². The fraction of sp³-hybridized carbons (Fsp3) is 0.250. The summed E-state index contributed by atoms with van der Waals surface area (Å²) in [6.45, 7) is 5.73. The second-order valence-electron chi connectivity index (χ2n) is 3.04. The molecule has 1 unspecified atom stereocenters. The number of rotatable bonds is 3. The van der Waals surface area contributed by atoms with Crippen molar-refractivity contribution in [1.82, 2.24) is 0 Å². The highest BCUT2D eigenvalue weighted by atomic mass is 14.0. The van der Waals surface area contributed by atoms with E-state index in [1.165, 1.54) is 5.56 Å².